The number of esters is 3. The minimum atomic E-state index is -0.840. The molecule has 0 bridgehead atoms. The summed E-state index contributed by atoms with van der Waals surface area (Å²) in [5, 5.41) is 0. The molecule has 0 radical (unpaired) electrons. The van der Waals surface area contributed by atoms with Crippen LogP contribution in [0.1, 0.15) is 226 Å². The summed E-state index contributed by atoms with van der Waals surface area (Å²) in [6.45, 7) is 6.34. The predicted molar refractivity (Wildman–Crippen MR) is 288 cm³/mol. The average Bonchev–Trinajstić information content (AvgIpc) is 3.33. The summed E-state index contributed by atoms with van der Waals surface area (Å²) < 4.78 is 16.7. The lowest BCUT2D eigenvalue weighted by Crippen LogP contribution is -2.30. The van der Waals surface area contributed by atoms with E-state index >= 15 is 0 Å². The summed E-state index contributed by atoms with van der Waals surface area (Å²) in [5.74, 6) is -1.07. The molecule has 0 saturated heterocycles. The second kappa shape index (κ2) is 54.4. The number of hydrogen-bond acceptors (Lipinski definition) is 6. The largest absolute Gasteiger partial charge is 0.462 e. The molecular weight excluding hydrogens is 829 g/mol. The summed E-state index contributed by atoms with van der Waals surface area (Å²) in [7, 11) is 0. The molecule has 0 spiro atoms. The van der Waals surface area contributed by atoms with Gasteiger partial charge in [0.05, 0.1) is 0 Å². The van der Waals surface area contributed by atoms with Gasteiger partial charge >= 0.3 is 17.9 Å². The maximum atomic E-state index is 12.8. The van der Waals surface area contributed by atoms with Crippen molar-refractivity contribution in [1.29, 1.82) is 0 Å². The summed E-state index contributed by atoms with van der Waals surface area (Å²) in [4.78, 5) is 38.0. The predicted octanol–water partition coefficient (Wildman–Crippen LogP) is 18.1. The fourth-order valence-corrected chi connectivity index (χ4v) is 6.99. The van der Waals surface area contributed by atoms with Crippen LogP contribution in [0.25, 0.3) is 0 Å². The van der Waals surface area contributed by atoms with Gasteiger partial charge in [0.25, 0.3) is 0 Å². The third kappa shape index (κ3) is 52.6. The molecule has 0 saturated carbocycles. The highest BCUT2D eigenvalue weighted by atomic mass is 16.6. The van der Waals surface area contributed by atoms with E-state index in [1.807, 2.05) is 54.7 Å². The van der Waals surface area contributed by atoms with Gasteiger partial charge in [-0.25, -0.2) is 0 Å². The molecule has 0 amide bonds. The van der Waals surface area contributed by atoms with Crippen molar-refractivity contribution in [3.05, 3.63) is 122 Å². The topological polar surface area (TPSA) is 78.9 Å². The van der Waals surface area contributed by atoms with Crippen LogP contribution >= 0.6 is 0 Å². The van der Waals surface area contributed by atoms with Crippen LogP contribution in [0, 0.1) is 0 Å². The van der Waals surface area contributed by atoms with E-state index in [4.69, 9.17) is 14.2 Å². The summed E-state index contributed by atoms with van der Waals surface area (Å²) >= 11 is 0. The van der Waals surface area contributed by atoms with Crippen LogP contribution in [0.5, 0.6) is 0 Å². The molecule has 0 aromatic rings. The molecule has 0 rings (SSSR count). The number of rotatable bonds is 47. The molecule has 0 aliphatic rings. The number of carbonyl (C=O) groups excluding carboxylic acids is 3. The van der Waals surface area contributed by atoms with E-state index in [2.05, 4.69) is 87.6 Å². The van der Waals surface area contributed by atoms with Gasteiger partial charge in [-0.1, -0.05) is 232 Å². The lowest BCUT2D eigenvalue weighted by molar-refractivity contribution is -0.167. The van der Waals surface area contributed by atoms with Gasteiger partial charge in [0, 0.05) is 19.3 Å². The van der Waals surface area contributed by atoms with E-state index in [0.29, 0.717) is 19.3 Å². The molecule has 0 aromatic heterocycles. The molecule has 1 atom stereocenters. The first kappa shape index (κ1) is 62.8. The Kier molecular flexibility index (Phi) is 51.0. The van der Waals surface area contributed by atoms with Crippen molar-refractivity contribution in [2.24, 2.45) is 0 Å². The summed E-state index contributed by atoms with van der Waals surface area (Å²) in [6, 6.07) is 0. The summed E-state index contributed by atoms with van der Waals surface area (Å²) in [6.07, 6.45) is 74.9. The smallest absolute Gasteiger partial charge is 0.306 e. The Morgan fingerprint density at radius 1 is 0.328 bits per heavy atom. The van der Waals surface area contributed by atoms with Gasteiger partial charge in [0.1, 0.15) is 13.2 Å². The third-order valence-corrected chi connectivity index (χ3v) is 11.0. The number of hydrogen-bond donors (Lipinski definition) is 0. The first-order valence-corrected chi connectivity index (χ1v) is 27.1. The van der Waals surface area contributed by atoms with Crippen molar-refractivity contribution in [2.45, 2.75) is 232 Å². The molecule has 1 unspecified atom stereocenters. The van der Waals surface area contributed by atoms with Crippen molar-refractivity contribution in [1.82, 2.24) is 0 Å². The Morgan fingerprint density at radius 3 is 1.15 bits per heavy atom. The Bertz CT molecular complexity index is 1440. The standard InChI is InChI=1S/C61H98O6/c1-4-7-10-13-16-19-22-25-27-29-30-32-33-36-39-42-45-48-51-54-60(63)66-57-58(56-65-59(62)53-50-47-44-41-38-35-24-21-18-15-12-9-6-3)67-61(64)55-52-49-46-43-40-37-34-31-28-26-23-20-17-14-11-8-5-2/h9,12,15,17-18,20-21,24,26,28-30,34-35,37-38,41,43-44,46,58H,4-8,10-11,13-14,16,19,22-23,25,27,31-33,36,39-40,42,45,47-57H2,1-3H3/b12-9-,18-15-,20-17-,24-21-,28-26-,30-29-,37-34-,38-35-,44-41-,46-43-. The third-order valence-electron chi connectivity index (χ3n) is 11.0. The van der Waals surface area contributed by atoms with Crippen LogP contribution in [0.15, 0.2) is 122 Å². The van der Waals surface area contributed by atoms with Crippen LogP contribution in [0.3, 0.4) is 0 Å². The van der Waals surface area contributed by atoms with E-state index in [9.17, 15) is 14.4 Å². The van der Waals surface area contributed by atoms with Gasteiger partial charge in [-0.3, -0.25) is 14.4 Å². The summed E-state index contributed by atoms with van der Waals surface area (Å²) in [5.41, 5.74) is 0. The Hall–Kier alpha value is -4.19. The highest BCUT2D eigenvalue weighted by molar-refractivity contribution is 5.71. The van der Waals surface area contributed by atoms with Gasteiger partial charge < -0.3 is 14.2 Å². The van der Waals surface area contributed by atoms with Gasteiger partial charge in [-0.2, -0.15) is 0 Å². The van der Waals surface area contributed by atoms with E-state index in [0.717, 1.165) is 57.8 Å². The molecule has 0 N–H and O–H groups in total. The highest BCUT2D eigenvalue weighted by Gasteiger charge is 2.19. The molecule has 0 fully saturated rings. The zero-order valence-corrected chi connectivity index (χ0v) is 43.1. The first-order chi connectivity index (χ1) is 33.0. The minimum Gasteiger partial charge on any atom is -0.462 e. The number of carbonyl (C=O) groups is 3. The normalized spacial score (nSPS) is 13.1. The van der Waals surface area contributed by atoms with Crippen LogP contribution in [0.4, 0.5) is 0 Å². The first-order valence-electron chi connectivity index (χ1n) is 27.1. The molecule has 0 aliphatic heterocycles. The van der Waals surface area contributed by atoms with E-state index in [1.54, 1.807) is 0 Å². The molecule has 0 heterocycles. The molecule has 6 heteroatoms. The van der Waals surface area contributed by atoms with Gasteiger partial charge in [-0.05, 0) is 96.3 Å². The zero-order chi connectivity index (χ0) is 48.6. The van der Waals surface area contributed by atoms with Crippen molar-refractivity contribution in [3.63, 3.8) is 0 Å². The average molecular weight is 927 g/mol. The Labute approximate surface area is 412 Å². The molecular formula is C61H98O6. The van der Waals surface area contributed by atoms with E-state index in [1.165, 1.54) is 116 Å². The second-order valence-corrected chi connectivity index (χ2v) is 17.5. The lowest BCUT2D eigenvalue weighted by Gasteiger charge is -2.18. The van der Waals surface area contributed by atoms with Crippen LogP contribution in [-0.2, 0) is 28.6 Å². The number of allylic oxidation sites excluding steroid dienone is 20. The van der Waals surface area contributed by atoms with E-state index < -0.39 is 6.10 Å². The van der Waals surface area contributed by atoms with Crippen molar-refractivity contribution < 1.29 is 28.6 Å². The quantitative estimate of drug-likeness (QED) is 0.0199. The minimum absolute atomic E-state index is 0.128. The van der Waals surface area contributed by atoms with Crippen LogP contribution < -0.4 is 0 Å². The molecule has 378 valence electrons. The second-order valence-electron chi connectivity index (χ2n) is 17.5. The lowest BCUT2D eigenvalue weighted by atomic mass is 10.1. The molecule has 0 aliphatic carbocycles. The monoisotopic (exact) mass is 927 g/mol. The van der Waals surface area contributed by atoms with Crippen LogP contribution in [0.2, 0.25) is 0 Å². The maximum Gasteiger partial charge on any atom is 0.306 e. The van der Waals surface area contributed by atoms with Gasteiger partial charge in [0.2, 0.25) is 0 Å². The van der Waals surface area contributed by atoms with Gasteiger partial charge in [-0.15, -0.1) is 0 Å². The number of ether oxygens (including phenoxy) is 3. The van der Waals surface area contributed by atoms with Crippen LogP contribution in [-0.4, -0.2) is 37.2 Å². The zero-order valence-electron chi connectivity index (χ0n) is 43.1. The Morgan fingerprint density at radius 2 is 0.657 bits per heavy atom. The highest BCUT2D eigenvalue weighted by Crippen LogP contribution is 2.13. The molecule has 0 aromatic carbocycles. The molecule has 67 heavy (non-hydrogen) atoms. The molecule has 6 nitrogen and oxygen atoms in total. The van der Waals surface area contributed by atoms with Gasteiger partial charge in [0.15, 0.2) is 6.10 Å². The van der Waals surface area contributed by atoms with Crippen molar-refractivity contribution >= 4 is 17.9 Å². The van der Waals surface area contributed by atoms with Crippen molar-refractivity contribution in [3.8, 4) is 0 Å². The van der Waals surface area contributed by atoms with E-state index in [-0.39, 0.29) is 44.0 Å². The number of unbranched alkanes of at least 4 members (excludes halogenated alkanes) is 20. The van der Waals surface area contributed by atoms with Crippen molar-refractivity contribution in [2.75, 3.05) is 13.2 Å². The SMILES string of the molecule is CC\C=C/C=C\C=C/C=C\C=C/CCCC(=O)OCC(COC(=O)CCCCCCCCC/C=C\CCCCCCCCCC)OC(=O)CCC/C=C\C/C=C\C/C=C\C/C=C\CCCCC. The fourth-order valence-electron chi connectivity index (χ4n) is 6.99. The Balaban J connectivity index is 4.55. The fraction of sp³-hybridized carbons (Fsp3) is 0.623. The maximum absolute atomic E-state index is 12.8.